The highest BCUT2D eigenvalue weighted by molar-refractivity contribution is 4.95. The first kappa shape index (κ1) is 13.5. The van der Waals surface area contributed by atoms with E-state index in [0.717, 1.165) is 44.1 Å². The largest absolute Gasteiger partial charge is 0.425 e. The minimum Gasteiger partial charge on any atom is -0.425 e. The minimum absolute atomic E-state index is 0.291. The Morgan fingerprint density at radius 1 is 1.33 bits per heavy atom. The maximum Gasteiger partial charge on any atom is 0.222 e. The van der Waals surface area contributed by atoms with Gasteiger partial charge in [-0.05, 0) is 39.3 Å². The fourth-order valence-electron chi connectivity index (χ4n) is 2.19. The predicted octanol–water partition coefficient (Wildman–Crippen LogP) is 1.89. The SMILES string of the molecule is CCCNCCCc1nnc(C2COC(C)C2)o1. The molecule has 1 aromatic heterocycles. The summed E-state index contributed by atoms with van der Waals surface area (Å²) in [5, 5.41) is 11.6. The van der Waals surface area contributed by atoms with Crippen LogP contribution in [0.1, 0.15) is 50.8 Å². The standard InChI is InChI=1S/C13H23N3O2/c1-3-6-14-7-4-5-12-15-16-13(18-12)11-8-10(2)17-9-11/h10-11,14H,3-9H2,1-2H3. The van der Waals surface area contributed by atoms with Crippen LogP contribution in [0.25, 0.3) is 0 Å². The Kier molecular flexibility index (Phi) is 5.13. The Morgan fingerprint density at radius 2 is 2.22 bits per heavy atom. The van der Waals surface area contributed by atoms with E-state index in [4.69, 9.17) is 9.15 Å². The van der Waals surface area contributed by atoms with Gasteiger partial charge in [0.15, 0.2) is 0 Å². The van der Waals surface area contributed by atoms with E-state index in [1.165, 1.54) is 6.42 Å². The van der Waals surface area contributed by atoms with Gasteiger partial charge in [0.2, 0.25) is 11.8 Å². The first-order chi connectivity index (χ1) is 8.79. The molecule has 5 heteroatoms. The minimum atomic E-state index is 0.291. The second-order valence-electron chi connectivity index (χ2n) is 4.96. The maximum absolute atomic E-state index is 5.69. The predicted molar refractivity (Wildman–Crippen MR) is 68.6 cm³/mol. The fourth-order valence-corrected chi connectivity index (χ4v) is 2.19. The second kappa shape index (κ2) is 6.85. The Balaban J connectivity index is 1.72. The Morgan fingerprint density at radius 3 is 2.94 bits per heavy atom. The van der Waals surface area contributed by atoms with Gasteiger partial charge in [-0.1, -0.05) is 6.92 Å². The normalized spacial score (nSPS) is 23.7. The van der Waals surface area contributed by atoms with E-state index in [2.05, 4.69) is 29.4 Å². The van der Waals surface area contributed by atoms with Crippen molar-refractivity contribution in [3.05, 3.63) is 11.8 Å². The topological polar surface area (TPSA) is 60.2 Å². The summed E-state index contributed by atoms with van der Waals surface area (Å²) >= 11 is 0. The van der Waals surface area contributed by atoms with Gasteiger partial charge in [0, 0.05) is 6.42 Å². The molecule has 0 amide bonds. The number of nitrogens with zero attached hydrogens (tertiary/aromatic N) is 2. The molecule has 2 atom stereocenters. The smallest absolute Gasteiger partial charge is 0.222 e. The van der Waals surface area contributed by atoms with Crippen molar-refractivity contribution >= 4 is 0 Å². The number of hydrogen-bond donors (Lipinski definition) is 1. The van der Waals surface area contributed by atoms with Crippen molar-refractivity contribution in [2.75, 3.05) is 19.7 Å². The molecule has 1 saturated heterocycles. The summed E-state index contributed by atoms with van der Waals surface area (Å²) in [6, 6.07) is 0. The molecule has 1 N–H and O–H groups in total. The van der Waals surface area contributed by atoms with Crippen LogP contribution in [0.4, 0.5) is 0 Å². The molecule has 0 spiro atoms. The molecule has 0 saturated carbocycles. The van der Waals surface area contributed by atoms with E-state index < -0.39 is 0 Å². The van der Waals surface area contributed by atoms with Gasteiger partial charge in [0.25, 0.3) is 0 Å². The summed E-state index contributed by atoms with van der Waals surface area (Å²) < 4.78 is 11.2. The van der Waals surface area contributed by atoms with E-state index in [9.17, 15) is 0 Å². The molecule has 1 aliphatic heterocycles. The number of rotatable bonds is 7. The molecule has 0 aliphatic carbocycles. The van der Waals surface area contributed by atoms with Crippen LogP contribution in [0.3, 0.4) is 0 Å². The van der Waals surface area contributed by atoms with Crippen LogP contribution in [0.15, 0.2) is 4.42 Å². The van der Waals surface area contributed by atoms with E-state index in [0.29, 0.717) is 18.6 Å². The average Bonchev–Trinajstić information content (AvgIpc) is 2.97. The van der Waals surface area contributed by atoms with Crippen molar-refractivity contribution in [3.63, 3.8) is 0 Å². The molecular formula is C13H23N3O2. The van der Waals surface area contributed by atoms with Crippen molar-refractivity contribution < 1.29 is 9.15 Å². The molecule has 2 heterocycles. The van der Waals surface area contributed by atoms with Gasteiger partial charge < -0.3 is 14.5 Å². The number of aryl methyl sites for hydroxylation is 1. The van der Waals surface area contributed by atoms with Crippen LogP contribution < -0.4 is 5.32 Å². The molecule has 0 radical (unpaired) electrons. The van der Waals surface area contributed by atoms with Gasteiger partial charge in [0.1, 0.15) is 0 Å². The van der Waals surface area contributed by atoms with Gasteiger partial charge in [-0.2, -0.15) is 0 Å². The van der Waals surface area contributed by atoms with E-state index >= 15 is 0 Å². The molecule has 1 fully saturated rings. The van der Waals surface area contributed by atoms with Crippen molar-refractivity contribution in [1.29, 1.82) is 0 Å². The zero-order valence-electron chi connectivity index (χ0n) is 11.3. The van der Waals surface area contributed by atoms with E-state index in [1.807, 2.05) is 0 Å². The lowest BCUT2D eigenvalue weighted by atomic mass is 10.1. The van der Waals surface area contributed by atoms with E-state index in [-0.39, 0.29) is 0 Å². The fraction of sp³-hybridized carbons (Fsp3) is 0.846. The number of aromatic nitrogens is 2. The van der Waals surface area contributed by atoms with Gasteiger partial charge in [-0.25, -0.2) is 0 Å². The lowest BCUT2D eigenvalue weighted by Crippen LogP contribution is -2.16. The Labute approximate surface area is 108 Å². The Hall–Kier alpha value is -0.940. The van der Waals surface area contributed by atoms with Gasteiger partial charge in [-0.15, -0.1) is 10.2 Å². The molecule has 2 rings (SSSR count). The highest BCUT2D eigenvalue weighted by Gasteiger charge is 2.27. The van der Waals surface area contributed by atoms with Crippen molar-refractivity contribution in [2.24, 2.45) is 0 Å². The summed E-state index contributed by atoms with van der Waals surface area (Å²) in [6.07, 6.45) is 4.36. The van der Waals surface area contributed by atoms with Crippen LogP contribution in [0.2, 0.25) is 0 Å². The van der Waals surface area contributed by atoms with Crippen LogP contribution in [-0.2, 0) is 11.2 Å². The molecule has 2 unspecified atom stereocenters. The van der Waals surface area contributed by atoms with Crippen molar-refractivity contribution in [1.82, 2.24) is 15.5 Å². The molecule has 102 valence electrons. The molecular weight excluding hydrogens is 230 g/mol. The third-order valence-electron chi connectivity index (χ3n) is 3.20. The average molecular weight is 253 g/mol. The first-order valence-electron chi connectivity index (χ1n) is 6.94. The summed E-state index contributed by atoms with van der Waals surface area (Å²) in [4.78, 5) is 0. The van der Waals surface area contributed by atoms with Crippen LogP contribution in [0.5, 0.6) is 0 Å². The van der Waals surface area contributed by atoms with Crippen LogP contribution >= 0.6 is 0 Å². The Bertz CT molecular complexity index is 354. The van der Waals surface area contributed by atoms with E-state index in [1.54, 1.807) is 0 Å². The summed E-state index contributed by atoms with van der Waals surface area (Å²) in [7, 11) is 0. The number of nitrogens with one attached hydrogen (secondary N) is 1. The van der Waals surface area contributed by atoms with Gasteiger partial charge in [-0.3, -0.25) is 0 Å². The third kappa shape index (κ3) is 3.78. The van der Waals surface area contributed by atoms with Crippen molar-refractivity contribution in [3.8, 4) is 0 Å². The monoisotopic (exact) mass is 253 g/mol. The summed E-state index contributed by atoms with van der Waals surface area (Å²) in [5.41, 5.74) is 0. The first-order valence-corrected chi connectivity index (χ1v) is 6.94. The molecule has 1 aliphatic rings. The molecule has 0 bridgehead atoms. The highest BCUT2D eigenvalue weighted by atomic mass is 16.5. The summed E-state index contributed by atoms with van der Waals surface area (Å²) in [5.74, 6) is 1.79. The zero-order chi connectivity index (χ0) is 12.8. The second-order valence-corrected chi connectivity index (χ2v) is 4.96. The lowest BCUT2D eigenvalue weighted by molar-refractivity contribution is 0.122. The van der Waals surface area contributed by atoms with Crippen LogP contribution in [-0.4, -0.2) is 36.0 Å². The highest BCUT2D eigenvalue weighted by Crippen LogP contribution is 2.28. The molecule has 18 heavy (non-hydrogen) atoms. The molecule has 5 nitrogen and oxygen atoms in total. The lowest BCUT2D eigenvalue weighted by Gasteiger charge is -2.01. The number of ether oxygens (including phenoxy) is 1. The van der Waals surface area contributed by atoms with Crippen LogP contribution in [0, 0.1) is 0 Å². The van der Waals surface area contributed by atoms with Crippen molar-refractivity contribution in [2.45, 2.75) is 51.6 Å². The summed E-state index contributed by atoms with van der Waals surface area (Å²) in [6.45, 7) is 7.04. The molecule has 0 aromatic carbocycles. The maximum atomic E-state index is 5.69. The van der Waals surface area contributed by atoms with Gasteiger partial charge in [0.05, 0.1) is 18.6 Å². The zero-order valence-corrected chi connectivity index (χ0v) is 11.3. The quantitative estimate of drug-likeness (QED) is 0.752. The number of hydrogen-bond acceptors (Lipinski definition) is 5. The third-order valence-corrected chi connectivity index (χ3v) is 3.20. The molecule has 1 aromatic rings. The van der Waals surface area contributed by atoms with Gasteiger partial charge >= 0.3 is 0 Å².